The fourth-order valence-electron chi connectivity index (χ4n) is 1.55. The molecule has 3 N–H and O–H groups in total. The molecule has 0 saturated carbocycles. The van der Waals surface area contributed by atoms with Crippen molar-refractivity contribution in [3.63, 3.8) is 0 Å². The van der Waals surface area contributed by atoms with Crippen LogP contribution in [0.1, 0.15) is 18.3 Å². The molecule has 0 radical (unpaired) electrons. The molecule has 0 amide bonds. The highest BCUT2D eigenvalue weighted by Crippen LogP contribution is 2.22. The Kier molecular flexibility index (Phi) is 5.50. The van der Waals surface area contributed by atoms with Crippen LogP contribution in [0.25, 0.3) is 0 Å². The number of anilines is 2. The van der Waals surface area contributed by atoms with Gasteiger partial charge in [-0.15, -0.1) is 0 Å². The van der Waals surface area contributed by atoms with E-state index in [1.54, 1.807) is 0 Å². The van der Waals surface area contributed by atoms with Crippen LogP contribution < -0.4 is 16.2 Å². The minimum absolute atomic E-state index is 0.711. The number of nitrogens with one attached hydrogen (secondary N) is 1. The zero-order chi connectivity index (χ0) is 12.8. The average molecular weight is 255 g/mol. The first-order valence-electron chi connectivity index (χ1n) is 5.68. The Bertz CT molecular complexity index is 369. The predicted molar refractivity (Wildman–Crippen MR) is 75.6 cm³/mol. The van der Waals surface area contributed by atoms with Crippen molar-refractivity contribution in [2.75, 3.05) is 35.9 Å². The van der Waals surface area contributed by atoms with Crippen molar-refractivity contribution in [3.8, 4) is 0 Å². The molecule has 0 aromatic carbocycles. The second kappa shape index (κ2) is 6.66. The lowest BCUT2D eigenvalue weighted by Gasteiger charge is -2.21. The summed E-state index contributed by atoms with van der Waals surface area (Å²) in [6.45, 7) is 4.99. The Hall–Kier alpha value is -1.01. The van der Waals surface area contributed by atoms with Gasteiger partial charge < -0.3 is 10.3 Å². The first-order chi connectivity index (χ1) is 8.13. The third kappa shape index (κ3) is 3.47. The predicted octanol–water partition coefficient (Wildman–Crippen LogP) is 1.43. The summed E-state index contributed by atoms with van der Waals surface area (Å²) in [6.07, 6.45) is 2.91. The van der Waals surface area contributed by atoms with Gasteiger partial charge in [0, 0.05) is 31.3 Å². The molecule has 0 aliphatic heterocycles. The summed E-state index contributed by atoms with van der Waals surface area (Å²) >= 11 is 1.82. The molecular weight excluding hydrogens is 234 g/mol. The van der Waals surface area contributed by atoms with Crippen molar-refractivity contribution >= 4 is 23.4 Å². The van der Waals surface area contributed by atoms with Crippen LogP contribution >= 0.6 is 11.8 Å². The van der Waals surface area contributed by atoms with Crippen LogP contribution in [0.4, 0.5) is 11.6 Å². The second-order valence-corrected chi connectivity index (χ2v) is 4.83. The molecule has 0 atom stereocenters. The van der Waals surface area contributed by atoms with Gasteiger partial charge in [0.1, 0.15) is 17.5 Å². The lowest BCUT2D eigenvalue weighted by atomic mass is 10.2. The van der Waals surface area contributed by atoms with Crippen LogP contribution in [0.15, 0.2) is 0 Å². The van der Waals surface area contributed by atoms with Crippen molar-refractivity contribution in [1.29, 1.82) is 0 Å². The van der Waals surface area contributed by atoms with Crippen LogP contribution in [0.2, 0.25) is 0 Å². The van der Waals surface area contributed by atoms with Gasteiger partial charge in [-0.25, -0.2) is 15.8 Å². The molecule has 0 unspecified atom stereocenters. The van der Waals surface area contributed by atoms with Gasteiger partial charge in [0.15, 0.2) is 0 Å². The molecule has 1 aromatic rings. The van der Waals surface area contributed by atoms with E-state index in [2.05, 4.69) is 26.5 Å². The maximum Gasteiger partial charge on any atom is 0.148 e. The largest absolute Gasteiger partial charge is 0.358 e. The minimum atomic E-state index is 0.711. The molecular formula is C11H21N5S. The molecule has 1 aromatic heterocycles. The number of rotatable bonds is 6. The normalized spacial score (nSPS) is 10.4. The van der Waals surface area contributed by atoms with Gasteiger partial charge in [0.05, 0.1) is 0 Å². The average Bonchev–Trinajstić information content (AvgIpc) is 2.36. The number of nitrogens with two attached hydrogens (primary N) is 1. The van der Waals surface area contributed by atoms with Crippen molar-refractivity contribution in [1.82, 2.24) is 9.97 Å². The maximum absolute atomic E-state index is 5.48. The lowest BCUT2D eigenvalue weighted by molar-refractivity contribution is 0.873. The Morgan fingerprint density at radius 2 is 2.12 bits per heavy atom. The topological polar surface area (TPSA) is 67.1 Å². The molecule has 0 bridgehead atoms. The van der Waals surface area contributed by atoms with Gasteiger partial charge in [0.2, 0.25) is 0 Å². The third-order valence-electron chi connectivity index (χ3n) is 2.61. The Balaban J connectivity index is 3.03. The highest BCUT2D eigenvalue weighted by molar-refractivity contribution is 7.98. The lowest BCUT2D eigenvalue weighted by Crippen LogP contribution is -2.24. The first kappa shape index (κ1) is 14.1. The SMILES string of the molecule is CCc1nc(NN)c(C)c(N(C)CCSC)n1. The molecule has 1 heterocycles. The monoisotopic (exact) mass is 255 g/mol. The van der Waals surface area contributed by atoms with E-state index >= 15 is 0 Å². The molecule has 0 saturated heterocycles. The second-order valence-electron chi connectivity index (χ2n) is 3.85. The zero-order valence-corrected chi connectivity index (χ0v) is 11.8. The van der Waals surface area contributed by atoms with Gasteiger partial charge in [-0.3, -0.25) is 0 Å². The summed E-state index contributed by atoms with van der Waals surface area (Å²) in [7, 11) is 2.05. The summed E-state index contributed by atoms with van der Waals surface area (Å²) in [6, 6.07) is 0. The zero-order valence-electron chi connectivity index (χ0n) is 10.9. The van der Waals surface area contributed by atoms with Crippen LogP contribution in [0, 0.1) is 6.92 Å². The minimum Gasteiger partial charge on any atom is -0.358 e. The first-order valence-corrected chi connectivity index (χ1v) is 7.07. The van der Waals surface area contributed by atoms with E-state index in [9.17, 15) is 0 Å². The van der Waals surface area contributed by atoms with E-state index in [4.69, 9.17) is 5.84 Å². The molecule has 0 aliphatic rings. The van der Waals surface area contributed by atoms with Crippen LogP contribution in [-0.4, -0.2) is 35.6 Å². The number of aryl methyl sites for hydroxylation is 1. The van der Waals surface area contributed by atoms with Gasteiger partial charge in [-0.2, -0.15) is 11.8 Å². The van der Waals surface area contributed by atoms with Crippen molar-refractivity contribution in [3.05, 3.63) is 11.4 Å². The van der Waals surface area contributed by atoms with Crippen LogP contribution in [0.5, 0.6) is 0 Å². The summed E-state index contributed by atoms with van der Waals surface area (Å²) in [5.74, 6) is 9.04. The van der Waals surface area contributed by atoms with Crippen molar-refractivity contribution in [2.45, 2.75) is 20.3 Å². The number of nitrogen functional groups attached to an aromatic ring is 1. The summed E-state index contributed by atoms with van der Waals surface area (Å²) in [5.41, 5.74) is 3.63. The Morgan fingerprint density at radius 1 is 1.41 bits per heavy atom. The van der Waals surface area contributed by atoms with Crippen LogP contribution in [-0.2, 0) is 6.42 Å². The summed E-state index contributed by atoms with van der Waals surface area (Å²) < 4.78 is 0. The highest BCUT2D eigenvalue weighted by Gasteiger charge is 2.12. The Morgan fingerprint density at radius 3 is 2.65 bits per heavy atom. The summed E-state index contributed by atoms with van der Waals surface area (Å²) in [5, 5.41) is 0. The van der Waals surface area contributed by atoms with E-state index < -0.39 is 0 Å². The molecule has 0 aliphatic carbocycles. The molecule has 1 rings (SSSR count). The van der Waals surface area contributed by atoms with Gasteiger partial charge in [0.25, 0.3) is 0 Å². The Labute approximate surface area is 107 Å². The van der Waals surface area contributed by atoms with E-state index in [-0.39, 0.29) is 0 Å². The smallest absolute Gasteiger partial charge is 0.148 e. The van der Waals surface area contributed by atoms with Gasteiger partial charge in [-0.05, 0) is 13.2 Å². The standard InChI is InChI=1S/C11H21N5S/c1-5-9-13-10(15-12)8(2)11(14-9)16(3)6-7-17-4/h5-7,12H2,1-4H3,(H,13,14,15). The number of hydrogen-bond donors (Lipinski definition) is 2. The van der Waals surface area contributed by atoms with Gasteiger partial charge >= 0.3 is 0 Å². The maximum atomic E-state index is 5.48. The fraction of sp³-hybridized carbons (Fsp3) is 0.636. The molecule has 0 spiro atoms. The highest BCUT2D eigenvalue weighted by atomic mass is 32.2. The van der Waals surface area contributed by atoms with Crippen molar-refractivity contribution < 1.29 is 0 Å². The van der Waals surface area contributed by atoms with Gasteiger partial charge in [-0.1, -0.05) is 6.92 Å². The van der Waals surface area contributed by atoms with E-state index in [1.807, 2.05) is 32.7 Å². The van der Waals surface area contributed by atoms with E-state index in [0.29, 0.717) is 5.82 Å². The summed E-state index contributed by atoms with van der Waals surface area (Å²) in [4.78, 5) is 11.1. The molecule has 5 nitrogen and oxygen atoms in total. The number of hydrazine groups is 1. The fourth-order valence-corrected chi connectivity index (χ4v) is 2.01. The molecule has 0 fully saturated rings. The molecule has 96 valence electrons. The van der Waals surface area contributed by atoms with Crippen molar-refractivity contribution in [2.24, 2.45) is 5.84 Å². The number of hydrogen-bond acceptors (Lipinski definition) is 6. The molecule has 6 heteroatoms. The number of thioether (sulfide) groups is 1. The molecule has 17 heavy (non-hydrogen) atoms. The quantitative estimate of drug-likeness (QED) is 0.592. The van der Waals surface area contributed by atoms with E-state index in [0.717, 1.165) is 35.9 Å². The number of aromatic nitrogens is 2. The van der Waals surface area contributed by atoms with E-state index in [1.165, 1.54) is 0 Å². The van der Waals surface area contributed by atoms with Crippen LogP contribution in [0.3, 0.4) is 0 Å². The number of nitrogens with zero attached hydrogens (tertiary/aromatic N) is 3. The third-order valence-corrected chi connectivity index (χ3v) is 3.20.